The molecule has 134 valence electrons. The van der Waals surface area contributed by atoms with Crippen LogP contribution in [0, 0.1) is 0 Å². The van der Waals surface area contributed by atoms with E-state index in [1.807, 2.05) is 45.0 Å². The summed E-state index contributed by atoms with van der Waals surface area (Å²) >= 11 is 0. The van der Waals surface area contributed by atoms with Crippen LogP contribution < -0.4 is 10.1 Å². The Kier molecular flexibility index (Phi) is 5.26. The lowest BCUT2D eigenvalue weighted by Crippen LogP contribution is -2.26. The van der Waals surface area contributed by atoms with Crippen LogP contribution in [0.4, 0.5) is 0 Å². The van der Waals surface area contributed by atoms with Crippen molar-refractivity contribution in [3.63, 3.8) is 0 Å². The highest BCUT2D eigenvalue weighted by molar-refractivity contribution is 5.94. The monoisotopic (exact) mass is 351 g/mol. The summed E-state index contributed by atoms with van der Waals surface area (Å²) in [6.45, 7) is 5.90. The maximum absolute atomic E-state index is 12.6. The fourth-order valence-corrected chi connectivity index (χ4v) is 2.50. The molecule has 1 amide bonds. The van der Waals surface area contributed by atoms with Gasteiger partial charge < -0.3 is 10.1 Å². The molecule has 0 aliphatic rings. The third kappa shape index (κ3) is 4.24. The van der Waals surface area contributed by atoms with Gasteiger partial charge in [-0.15, -0.1) is 0 Å². The average molecular weight is 351 g/mol. The number of nitrogens with one attached hydrogen (secondary N) is 1. The fourth-order valence-electron chi connectivity index (χ4n) is 2.50. The summed E-state index contributed by atoms with van der Waals surface area (Å²) in [6.07, 6.45) is 4.63. The number of benzene rings is 1. The Bertz CT molecular complexity index is 877. The van der Waals surface area contributed by atoms with Crippen molar-refractivity contribution in [2.24, 2.45) is 0 Å². The van der Waals surface area contributed by atoms with E-state index in [0.717, 1.165) is 11.3 Å². The van der Waals surface area contributed by atoms with Gasteiger partial charge >= 0.3 is 0 Å². The molecule has 1 N–H and O–H groups in total. The van der Waals surface area contributed by atoms with Crippen LogP contribution in [0.1, 0.15) is 42.7 Å². The first-order chi connectivity index (χ1) is 12.5. The molecule has 0 saturated heterocycles. The molecule has 3 aromatic rings. The minimum atomic E-state index is -0.184. The number of carbonyl (C=O) groups is 1. The summed E-state index contributed by atoms with van der Waals surface area (Å²) in [6, 6.07) is 10.9. The van der Waals surface area contributed by atoms with E-state index in [-0.39, 0.29) is 18.1 Å². The van der Waals surface area contributed by atoms with Crippen LogP contribution in [0.25, 0.3) is 5.82 Å². The predicted octanol–water partition coefficient (Wildman–Crippen LogP) is 2.94. The van der Waals surface area contributed by atoms with E-state index in [9.17, 15) is 4.79 Å². The standard InChI is InChI=1S/C19H21N5O2/c1-13(2)26-17-6-4-5-15(9-17)14(3)23-19(25)16-7-8-21-18(10-16)24-12-20-11-22-24/h4-14H,1-3H3,(H,23,25)/t14-/m0/s1. The molecule has 7 heteroatoms. The largest absolute Gasteiger partial charge is 0.491 e. The zero-order chi connectivity index (χ0) is 18.5. The molecule has 3 rings (SSSR count). The molecule has 0 aliphatic heterocycles. The molecule has 2 aromatic heterocycles. The van der Waals surface area contributed by atoms with E-state index in [2.05, 4.69) is 20.4 Å². The van der Waals surface area contributed by atoms with Crippen molar-refractivity contribution in [2.75, 3.05) is 0 Å². The number of hydrogen-bond acceptors (Lipinski definition) is 5. The van der Waals surface area contributed by atoms with E-state index in [4.69, 9.17) is 4.74 Å². The lowest BCUT2D eigenvalue weighted by molar-refractivity contribution is 0.0939. The Hall–Kier alpha value is -3.22. The number of rotatable bonds is 6. The molecule has 0 saturated carbocycles. The Morgan fingerprint density at radius 3 is 2.77 bits per heavy atom. The molecule has 0 aliphatic carbocycles. The van der Waals surface area contributed by atoms with Crippen molar-refractivity contribution >= 4 is 5.91 Å². The van der Waals surface area contributed by atoms with E-state index < -0.39 is 0 Å². The first-order valence-corrected chi connectivity index (χ1v) is 8.41. The van der Waals surface area contributed by atoms with Gasteiger partial charge in [-0.3, -0.25) is 4.79 Å². The number of pyridine rings is 1. The van der Waals surface area contributed by atoms with E-state index >= 15 is 0 Å². The second kappa shape index (κ2) is 7.77. The SMILES string of the molecule is CC(C)Oc1cccc([C@H](C)NC(=O)c2ccnc(-n3cncn3)c2)c1. The first kappa shape index (κ1) is 17.6. The number of amides is 1. The maximum atomic E-state index is 12.6. The molecule has 0 radical (unpaired) electrons. The van der Waals surface area contributed by atoms with E-state index in [0.29, 0.717) is 11.4 Å². The van der Waals surface area contributed by atoms with Gasteiger partial charge in [0.1, 0.15) is 18.4 Å². The fraction of sp³-hybridized carbons (Fsp3) is 0.263. The summed E-state index contributed by atoms with van der Waals surface area (Å²) in [5, 5.41) is 7.02. The lowest BCUT2D eigenvalue weighted by Gasteiger charge is -2.17. The van der Waals surface area contributed by atoms with E-state index in [1.54, 1.807) is 18.3 Å². The van der Waals surface area contributed by atoms with Gasteiger partial charge in [-0.1, -0.05) is 12.1 Å². The first-order valence-electron chi connectivity index (χ1n) is 8.41. The molecule has 7 nitrogen and oxygen atoms in total. The smallest absolute Gasteiger partial charge is 0.251 e. The number of nitrogens with zero attached hydrogens (tertiary/aromatic N) is 4. The van der Waals surface area contributed by atoms with Gasteiger partial charge in [0.15, 0.2) is 5.82 Å². The van der Waals surface area contributed by atoms with Crippen LogP contribution in [0.2, 0.25) is 0 Å². The zero-order valence-electron chi connectivity index (χ0n) is 15.0. The Morgan fingerprint density at radius 2 is 2.04 bits per heavy atom. The molecule has 0 fully saturated rings. The Labute approximate surface area is 152 Å². The van der Waals surface area contributed by atoms with Crippen LogP contribution in [-0.4, -0.2) is 31.8 Å². The number of ether oxygens (including phenoxy) is 1. The third-order valence-corrected chi connectivity index (χ3v) is 3.74. The second-order valence-electron chi connectivity index (χ2n) is 6.18. The van der Waals surface area contributed by atoms with Gasteiger partial charge in [-0.25, -0.2) is 14.6 Å². The van der Waals surface area contributed by atoms with Gasteiger partial charge in [0.2, 0.25) is 0 Å². The lowest BCUT2D eigenvalue weighted by atomic mass is 10.1. The van der Waals surface area contributed by atoms with Gasteiger partial charge in [0, 0.05) is 11.8 Å². The van der Waals surface area contributed by atoms with Crippen LogP contribution in [0.3, 0.4) is 0 Å². The molecular weight excluding hydrogens is 330 g/mol. The minimum absolute atomic E-state index is 0.0992. The number of aromatic nitrogens is 4. The van der Waals surface area contributed by atoms with Gasteiger partial charge in [0.25, 0.3) is 5.91 Å². The summed E-state index contributed by atoms with van der Waals surface area (Å²) in [4.78, 5) is 20.7. The highest BCUT2D eigenvalue weighted by Crippen LogP contribution is 2.20. The number of carbonyl (C=O) groups excluding carboxylic acids is 1. The van der Waals surface area contributed by atoms with Crippen LogP contribution >= 0.6 is 0 Å². The van der Waals surface area contributed by atoms with E-state index in [1.165, 1.54) is 17.3 Å². The summed E-state index contributed by atoms with van der Waals surface area (Å²) in [7, 11) is 0. The van der Waals surface area contributed by atoms with Gasteiger partial charge in [-0.2, -0.15) is 5.10 Å². The molecule has 1 aromatic carbocycles. The molecule has 2 heterocycles. The van der Waals surface area contributed by atoms with Gasteiger partial charge in [0.05, 0.1) is 12.1 Å². The zero-order valence-corrected chi connectivity index (χ0v) is 15.0. The molecule has 26 heavy (non-hydrogen) atoms. The molecule has 1 atom stereocenters. The third-order valence-electron chi connectivity index (χ3n) is 3.74. The normalized spacial score (nSPS) is 12.0. The predicted molar refractivity (Wildman–Crippen MR) is 97.2 cm³/mol. The average Bonchev–Trinajstić information content (AvgIpc) is 3.16. The minimum Gasteiger partial charge on any atom is -0.491 e. The number of hydrogen-bond donors (Lipinski definition) is 1. The Morgan fingerprint density at radius 1 is 1.19 bits per heavy atom. The van der Waals surface area contributed by atoms with Crippen molar-refractivity contribution in [2.45, 2.75) is 32.9 Å². The topological polar surface area (TPSA) is 81.9 Å². The summed E-state index contributed by atoms with van der Waals surface area (Å²) < 4.78 is 7.22. The molecular formula is C19H21N5O2. The van der Waals surface area contributed by atoms with Crippen molar-refractivity contribution in [3.8, 4) is 11.6 Å². The van der Waals surface area contributed by atoms with Crippen molar-refractivity contribution < 1.29 is 9.53 Å². The maximum Gasteiger partial charge on any atom is 0.251 e. The molecule has 0 spiro atoms. The van der Waals surface area contributed by atoms with Gasteiger partial charge in [-0.05, 0) is 50.6 Å². The van der Waals surface area contributed by atoms with Crippen LogP contribution in [0.5, 0.6) is 5.75 Å². The highest BCUT2D eigenvalue weighted by atomic mass is 16.5. The van der Waals surface area contributed by atoms with Crippen molar-refractivity contribution in [3.05, 3.63) is 66.4 Å². The summed E-state index contributed by atoms with van der Waals surface area (Å²) in [5.41, 5.74) is 1.48. The summed E-state index contributed by atoms with van der Waals surface area (Å²) in [5.74, 6) is 1.14. The quantitative estimate of drug-likeness (QED) is 0.738. The van der Waals surface area contributed by atoms with Crippen LogP contribution in [-0.2, 0) is 0 Å². The second-order valence-corrected chi connectivity index (χ2v) is 6.18. The van der Waals surface area contributed by atoms with Crippen molar-refractivity contribution in [1.82, 2.24) is 25.1 Å². The molecule has 0 bridgehead atoms. The van der Waals surface area contributed by atoms with Crippen molar-refractivity contribution in [1.29, 1.82) is 0 Å². The molecule has 0 unspecified atom stereocenters. The highest BCUT2D eigenvalue weighted by Gasteiger charge is 2.13. The van der Waals surface area contributed by atoms with Crippen LogP contribution in [0.15, 0.2) is 55.2 Å². The Balaban J connectivity index is 1.73.